The second-order valence-corrected chi connectivity index (χ2v) is 5.25. The number of aryl methyl sites for hydroxylation is 2. The first kappa shape index (κ1) is 16.0. The van der Waals surface area contributed by atoms with Crippen LogP contribution in [0.3, 0.4) is 0 Å². The molecule has 0 heterocycles. The van der Waals surface area contributed by atoms with Gasteiger partial charge in [-0.05, 0) is 30.9 Å². The van der Waals surface area contributed by atoms with Gasteiger partial charge in [-0.25, -0.2) is 4.79 Å². The highest BCUT2D eigenvalue weighted by Gasteiger charge is 2.23. The summed E-state index contributed by atoms with van der Waals surface area (Å²) >= 11 is 0. The molecule has 1 aromatic rings. The molecule has 0 aliphatic heterocycles. The van der Waals surface area contributed by atoms with Gasteiger partial charge >= 0.3 is 5.97 Å². The first-order chi connectivity index (χ1) is 9.32. The summed E-state index contributed by atoms with van der Waals surface area (Å²) in [4.78, 5) is 22.8. The van der Waals surface area contributed by atoms with Crippen LogP contribution in [0.15, 0.2) is 18.2 Å². The molecule has 5 nitrogen and oxygen atoms in total. The Labute approximate surface area is 119 Å². The summed E-state index contributed by atoms with van der Waals surface area (Å²) in [7, 11) is 0. The highest BCUT2D eigenvalue weighted by molar-refractivity contribution is 5.86. The minimum atomic E-state index is -1.01. The molecule has 110 valence electrons. The normalized spacial score (nSPS) is 12.1. The van der Waals surface area contributed by atoms with Crippen LogP contribution in [0.1, 0.15) is 25.0 Å². The second kappa shape index (κ2) is 6.93. The predicted molar refractivity (Wildman–Crippen MR) is 78.8 cm³/mol. The number of hydrogen-bond acceptors (Lipinski definition) is 3. The van der Waals surface area contributed by atoms with Gasteiger partial charge in [0.15, 0.2) is 0 Å². The van der Waals surface area contributed by atoms with Crippen LogP contribution in [0.2, 0.25) is 0 Å². The Balaban J connectivity index is 2.62. The summed E-state index contributed by atoms with van der Waals surface area (Å²) in [5.41, 5.74) is 3.02. The molecule has 3 N–H and O–H groups in total. The number of para-hydroxylation sites is 1. The summed E-state index contributed by atoms with van der Waals surface area (Å²) in [6.45, 7) is 7.50. The molecule has 0 bridgehead atoms. The van der Waals surface area contributed by atoms with Crippen LogP contribution in [0, 0.1) is 19.8 Å². The number of amides is 1. The minimum absolute atomic E-state index is 0.0577. The molecule has 1 atom stereocenters. The fourth-order valence-corrected chi connectivity index (χ4v) is 2.00. The van der Waals surface area contributed by atoms with Gasteiger partial charge in [-0.3, -0.25) is 4.79 Å². The third-order valence-corrected chi connectivity index (χ3v) is 3.16. The standard InChI is InChI=1S/C15H22N2O3/c1-9(2)13(15(19)20)17-12(18)8-16-14-10(3)6-5-7-11(14)4/h5-7,9,13,16H,8H2,1-4H3,(H,17,18)(H,19,20)/t13-/m0/s1. The first-order valence-electron chi connectivity index (χ1n) is 6.65. The number of carboxylic acid groups (broad SMARTS) is 1. The number of carbonyl (C=O) groups excluding carboxylic acids is 1. The van der Waals surface area contributed by atoms with E-state index in [0.29, 0.717) is 0 Å². The van der Waals surface area contributed by atoms with Crippen LogP contribution in [-0.4, -0.2) is 29.6 Å². The Morgan fingerprint density at radius 2 is 1.75 bits per heavy atom. The number of carboxylic acids is 1. The van der Waals surface area contributed by atoms with Crippen LogP contribution in [0.5, 0.6) is 0 Å². The quantitative estimate of drug-likeness (QED) is 0.743. The van der Waals surface area contributed by atoms with E-state index in [2.05, 4.69) is 10.6 Å². The highest BCUT2D eigenvalue weighted by atomic mass is 16.4. The van der Waals surface area contributed by atoms with E-state index in [1.165, 1.54) is 0 Å². The van der Waals surface area contributed by atoms with Crippen molar-refractivity contribution < 1.29 is 14.7 Å². The zero-order valence-electron chi connectivity index (χ0n) is 12.4. The summed E-state index contributed by atoms with van der Waals surface area (Å²) in [5.74, 6) is -1.49. The van der Waals surface area contributed by atoms with Crippen LogP contribution in [0.4, 0.5) is 5.69 Å². The van der Waals surface area contributed by atoms with Gasteiger partial charge in [0.25, 0.3) is 0 Å². The summed E-state index contributed by atoms with van der Waals surface area (Å²) in [6.07, 6.45) is 0. The van der Waals surface area contributed by atoms with Gasteiger partial charge in [-0.2, -0.15) is 0 Å². The molecule has 0 aliphatic rings. The predicted octanol–water partition coefficient (Wildman–Crippen LogP) is 1.94. The molecule has 0 radical (unpaired) electrons. The lowest BCUT2D eigenvalue weighted by Crippen LogP contribution is -2.46. The monoisotopic (exact) mass is 278 g/mol. The minimum Gasteiger partial charge on any atom is -0.480 e. The van der Waals surface area contributed by atoms with E-state index < -0.39 is 12.0 Å². The average Bonchev–Trinajstić information content (AvgIpc) is 2.34. The molecule has 0 aromatic heterocycles. The highest BCUT2D eigenvalue weighted by Crippen LogP contribution is 2.18. The zero-order valence-corrected chi connectivity index (χ0v) is 12.4. The van der Waals surface area contributed by atoms with E-state index in [1.54, 1.807) is 13.8 Å². The maximum absolute atomic E-state index is 11.8. The fourth-order valence-electron chi connectivity index (χ4n) is 2.00. The summed E-state index contributed by atoms with van der Waals surface area (Å²) in [6, 6.07) is 5.01. The van der Waals surface area contributed by atoms with Crippen LogP contribution in [-0.2, 0) is 9.59 Å². The van der Waals surface area contributed by atoms with Crippen molar-refractivity contribution in [2.45, 2.75) is 33.7 Å². The maximum atomic E-state index is 11.8. The van der Waals surface area contributed by atoms with Crippen molar-refractivity contribution >= 4 is 17.6 Å². The number of carbonyl (C=O) groups is 2. The van der Waals surface area contributed by atoms with Crippen LogP contribution < -0.4 is 10.6 Å². The number of anilines is 1. The zero-order chi connectivity index (χ0) is 15.3. The van der Waals surface area contributed by atoms with E-state index >= 15 is 0 Å². The van der Waals surface area contributed by atoms with Crippen LogP contribution in [0.25, 0.3) is 0 Å². The number of rotatable bonds is 6. The van der Waals surface area contributed by atoms with Gasteiger partial charge in [-0.15, -0.1) is 0 Å². The Morgan fingerprint density at radius 3 is 2.20 bits per heavy atom. The second-order valence-electron chi connectivity index (χ2n) is 5.25. The number of benzene rings is 1. The van der Waals surface area contributed by atoms with E-state index in [-0.39, 0.29) is 18.4 Å². The van der Waals surface area contributed by atoms with Crippen molar-refractivity contribution in [2.24, 2.45) is 5.92 Å². The van der Waals surface area contributed by atoms with Gasteiger partial charge in [0, 0.05) is 5.69 Å². The Kier molecular flexibility index (Phi) is 5.55. The van der Waals surface area contributed by atoms with Crippen LogP contribution >= 0.6 is 0 Å². The smallest absolute Gasteiger partial charge is 0.326 e. The first-order valence-corrected chi connectivity index (χ1v) is 6.65. The molecule has 1 rings (SSSR count). The summed E-state index contributed by atoms with van der Waals surface area (Å²) in [5, 5.41) is 14.6. The lowest BCUT2D eigenvalue weighted by atomic mass is 10.0. The third-order valence-electron chi connectivity index (χ3n) is 3.16. The number of hydrogen-bond donors (Lipinski definition) is 3. The van der Waals surface area contributed by atoms with Crippen molar-refractivity contribution in [3.8, 4) is 0 Å². The molecule has 0 unspecified atom stereocenters. The molecular formula is C15H22N2O3. The van der Waals surface area contributed by atoms with Crippen molar-refractivity contribution in [1.29, 1.82) is 0 Å². The van der Waals surface area contributed by atoms with Gasteiger partial charge in [0.2, 0.25) is 5.91 Å². The van der Waals surface area contributed by atoms with E-state index in [9.17, 15) is 9.59 Å². The Bertz CT molecular complexity index is 478. The molecule has 1 aromatic carbocycles. The van der Waals surface area contributed by atoms with Gasteiger partial charge in [0.1, 0.15) is 6.04 Å². The molecule has 0 aliphatic carbocycles. The fraction of sp³-hybridized carbons (Fsp3) is 0.467. The molecule has 20 heavy (non-hydrogen) atoms. The SMILES string of the molecule is Cc1cccc(C)c1NCC(=O)N[C@H](C(=O)O)C(C)C. The van der Waals surface area contributed by atoms with E-state index in [1.807, 2.05) is 32.0 Å². The molecule has 0 fully saturated rings. The van der Waals surface area contributed by atoms with E-state index in [4.69, 9.17) is 5.11 Å². The molecule has 0 saturated carbocycles. The van der Waals surface area contributed by atoms with Crippen molar-refractivity contribution in [1.82, 2.24) is 5.32 Å². The Hall–Kier alpha value is -2.04. The van der Waals surface area contributed by atoms with Gasteiger partial charge in [-0.1, -0.05) is 32.0 Å². The number of aliphatic carboxylic acids is 1. The third kappa shape index (κ3) is 4.26. The van der Waals surface area contributed by atoms with Crippen molar-refractivity contribution in [3.05, 3.63) is 29.3 Å². The molecule has 0 saturated heterocycles. The topological polar surface area (TPSA) is 78.4 Å². The largest absolute Gasteiger partial charge is 0.480 e. The number of nitrogens with one attached hydrogen (secondary N) is 2. The van der Waals surface area contributed by atoms with E-state index in [0.717, 1.165) is 16.8 Å². The molecule has 5 heteroatoms. The molecular weight excluding hydrogens is 256 g/mol. The lowest BCUT2D eigenvalue weighted by molar-refractivity contribution is -0.142. The Morgan fingerprint density at radius 1 is 1.20 bits per heavy atom. The average molecular weight is 278 g/mol. The molecule has 0 spiro atoms. The van der Waals surface area contributed by atoms with Crippen molar-refractivity contribution in [2.75, 3.05) is 11.9 Å². The van der Waals surface area contributed by atoms with Gasteiger partial charge in [0.05, 0.1) is 6.54 Å². The lowest BCUT2D eigenvalue weighted by Gasteiger charge is -2.19. The van der Waals surface area contributed by atoms with Crippen molar-refractivity contribution in [3.63, 3.8) is 0 Å². The van der Waals surface area contributed by atoms with Gasteiger partial charge < -0.3 is 15.7 Å². The maximum Gasteiger partial charge on any atom is 0.326 e. The molecule has 1 amide bonds. The summed E-state index contributed by atoms with van der Waals surface area (Å²) < 4.78 is 0.